The summed E-state index contributed by atoms with van der Waals surface area (Å²) >= 11 is 0. The second-order valence-electron chi connectivity index (χ2n) is 5.36. The van der Waals surface area contributed by atoms with Crippen LogP contribution >= 0.6 is 0 Å². The van der Waals surface area contributed by atoms with Crippen molar-refractivity contribution in [3.05, 3.63) is 0 Å². The first-order chi connectivity index (χ1) is 6.66. The summed E-state index contributed by atoms with van der Waals surface area (Å²) in [6.45, 7) is 7.23. The molecule has 1 aliphatic carbocycles. The van der Waals surface area contributed by atoms with E-state index in [9.17, 15) is 5.11 Å². The van der Waals surface area contributed by atoms with E-state index >= 15 is 0 Å². The van der Waals surface area contributed by atoms with Crippen molar-refractivity contribution in [1.82, 2.24) is 4.90 Å². The number of hydrogen-bond donors (Lipinski definition) is 1. The van der Waals surface area contributed by atoms with Crippen molar-refractivity contribution < 1.29 is 5.11 Å². The molecule has 2 aliphatic rings. The highest BCUT2D eigenvalue weighted by Crippen LogP contribution is 2.30. The van der Waals surface area contributed by atoms with Crippen LogP contribution in [0, 0.1) is 11.8 Å². The molecule has 2 heteroatoms. The fraction of sp³-hybridized carbons (Fsp3) is 1.00. The van der Waals surface area contributed by atoms with Gasteiger partial charge in [-0.15, -0.1) is 0 Å². The number of piperidine rings is 1. The summed E-state index contributed by atoms with van der Waals surface area (Å²) in [5, 5.41) is 9.52. The molecule has 1 saturated carbocycles. The van der Waals surface area contributed by atoms with Crippen molar-refractivity contribution in [2.75, 3.05) is 13.1 Å². The first-order valence-corrected chi connectivity index (χ1v) is 6.09. The lowest BCUT2D eigenvalue weighted by molar-refractivity contribution is 0.0877. The van der Waals surface area contributed by atoms with Crippen LogP contribution in [-0.2, 0) is 0 Å². The Morgan fingerprint density at radius 2 is 1.86 bits per heavy atom. The predicted octanol–water partition coefficient (Wildman–Crippen LogP) is 1.88. The van der Waals surface area contributed by atoms with Crippen molar-refractivity contribution >= 4 is 0 Å². The quantitative estimate of drug-likeness (QED) is 0.694. The van der Waals surface area contributed by atoms with Crippen LogP contribution in [0.2, 0.25) is 0 Å². The average Bonchev–Trinajstić information content (AvgIpc) is 2.57. The SMILES string of the molecule is CC1CCN(C2CCC(O)C2)CC1C. The molecular formula is C12H23NO. The Labute approximate surface area is 87.3 Å². The van der Waals surface area contributed by atoms with Gasteiger partial charge in [-0.2, -0.15) is 0 Å². The van der Waals surface area contributed by atoms with Crippen molar-refractivity contribution in [1.29, 1.82) is 0 Å². The highest BCUT2D eigenvalue weighted by atomic mass is 16.3. The van der Waals surface area contributed by atoms with Crippen LogP contribution in [0.15, 0.2) is 0 Å². The van der Waals surface area contributed by atoms with Crippen LogP contribution in [0.3, 0.4) is 0 Å². The molecule has 0 aromatic rings. The fourth-order valence-corrected chi connectivity index (χ4v) is 2.89. The molecule has 2 rings (SSSR count). The van der Waals surface area contributed by atoms with Crippen molar-refractivity contribution in [2.45, 2.75) is 51.7 Å². The summed E-state index contributed by atoms with van der Waals surface area (Å²) in [4.78, 5) is 2.61. The van der Waals surface area contributed by atoms with Gasteiger partial charge in [0.2, 0.25) is 0 Å². The van der Waals surface area contributed by atoms with E-state index in [1.54, 1.807) is 0 Å². The molecule has 2 nitrogen and oxygen atoms in total. The average molecular weight is 197 g/mol. The zero-order chi connectivity index (χ0) is 10.1. The van der Waals surface area contributed by atoms with Gasteiger partial charge in [-0.25, -0.2) is 0 Å². The maximum atomic E-state index is 9.52. The molecular weight excluding hydrogens is 174 g/mol. The third kappa shape index (κ3) is 2.12. The van der Waals surface area contributed by atoms with E-state index in [0.29, 0.717) is 6.04 Å². The molecule has 14 heavy (non-hydrogen) atoms. The van der Waals surface area contributed by atoms with E-state index < -0.39 is 0 Å². The molecule has 0 bridgehead atoms. The van der Waals surface area contributed by atoms with Gasteiger partial charge in [0, 0.05) is 12.6 Å². The maximum Gasteiger partial charge on any atom is 0.0555 e. The van der Waals surface area contributed by atoms with Gasteiger partial charge in [0.05, 0.1) is 6.10 Å². The van der Waals surface area contributed by atoms with Crippen LogP contribution in [0.5, 0.6) is 0 Å². The van der Waals surface area contributed by atoms with Crippen LogP contribution in [0.25, 0.3) is 0 Å². The predicted molar refractivity (Wildman–Crippen MR) is 58.2 cm³/mol. The van der Waals surface area contributed by atoms with Crippen LogP contribution in [0.1, 0.15) is 39.5 Å². The monoisotopic (exact) mass is 197 g/mol. The highest BCUT2D eigenvalue weighted by Gasteiger charge is 2.32. The van der Waals surface area contributed by atoms with Gasteiger partial charge in [0.1, 0.15) is 0 Å². The van der Waals surface area contributed by atoms with Crippen LogP contribution < -0.4 is 0 Å². The molecule has 4 atom stereocenters. The summed E-state index contributed by atoms with van der Waals surface area (Å²) in [6.07, 6.45) is 4.57. The first kappa shape index (κ1) is 10.4. The van der Waals surface area contributed by atoms with Gasteiger partial charge in [-0.3, -0.25) is 0 Å². The maximum absolute atomic E-state index is 9.52. The van der Waals surface area contributed by atoms with Gasteiger partial charge >= 0.3 is 0 Å². The van der Waals surface area contributed by atoms with Gasteiger partial charge < -0.3 is 10.0 Å². The van der Waals surface area contributed by atoms with E-state index in [4.69, 9.17) is 0 Å². The molecule has 1 N–H and O–H groups in total. The molecule has 0 spiro atoms. The molecule has 4 unspecified atom stereocenters. The molecule has 2 fully saturated rings. The minimum Gasteiger partial charge on any atom is -0.393 e. The first-order valence-electron chi connectivity index (χ1n) is 6.09. The smallest absolute Gasteiger partial charge is 0.0555 e. The zero-order valence-corrected chi connectivity index (χ0v) is 9.45. The number of hydrogen-bond acceptors (Lipinski definition) is 2. The number of aliphatic hydroxyl groups is 1. The van der Waals surface area contributed by atoms with Crippen molar-refractivity contribution in [3.8, 4) is 0 Å². The summed E-state index contributed by atoms with van der Waals surface area (Å²) in [5.74, 6) is 1.72. The van der Waals surface area contributed by atoms with Gasteiger partial charge in [0.25, 0.3) is 0 Å². The second kappa shape index (κ2) is 4.19. The van der Waals surface area contributed by atoms with E-state index in [2.05, 4.69) is 18.7 Å². The summed E-state index contributed by atoms with van der Waals surface area (Å²) in [6, 6.07) is 0.681. The summed E-state index contributed by atoms with van der Waals surface area (Å²) in [7, 11) is 0. The Hall–Kier alpha value is -0.0800. The second-order valence-corrected chi connectivity index (χ2v) is 5.36. The van der Waals surface area contributed by atoms with Gasteiger partial charge in [-0.05, 0) is 44.1 Å². The molecule has 0 amide bonds. The molecule has 0 aromatic carbocycles. The van der Waals surface area contributed by atoms with E-state index in [1.165, 1.54) is 25.9 Å². The zero-order valence-electron chi connectivity index (χ0n) is 9.45. The molecule has 1 heterocycles. The Kier molecular flexibility index (Phi) is 3.13. The van der Waals surface area contributed by atoms with Gasteiger partial charge in [0.15, 0.2) is 0 Å². The number of aliphatic hydroxyl groups excluding tert-OH is 1. The normalized spacial score (nSPS) is 45.6. The highest BCUT2D eigenvalue weighted by molar-refractivity contribution is 4.86. The number of rotatable bonds is 1. The minimum absolute atomic E-state index is 0.0188. The molecule has 0 aromatic heterocycles. The summed E-state index contributed by atoms with van der Waals surface area (Å²) in [5.41, 5.74) is 0. The third-order valence-electron chi connectivity index (χ3n) is 4.26. The van der Waals surface area contributed by atoms with Crippen molar-refractivity contribution in [3.63, 3.8) is 0 Å². The molecule has 1 aliphatic heterocycles. The lowest BCUT2D eigenvalue weighted by Crippen LogP contribution is -2.43. The number of nitrogens with zero attached hydrogens (tertiary/aromatic N) is 1. The molecule has 1 saturated heterocycles. The number of likely N-dealkylation sites (tertiary alicyclic amines) is 1. The lowest BCUT2D eigenvalue weighted by Gasteiger charge is -2.38. The van der Waals surface area contributed by atoms with Gasteiger partial charge in [-0.1, -0.05) is 13.8 Å². The van der Waals surface area contributed by atoms with Crippen LogP contribution in [-0.4, -0.2) is 35.2 Å². The Morgan fingerprint density at radius 3 is 2.43 bits per heavy atom. The largest absolute Gasteiger partial charge is 0.393 e. The standard InChI is InChI=1S/C12H23NO/c1-9-5-6-13(8-10(9)2)11-3-4-12(14)7-11/h9-12,14H,3-8H2,1-2H3. The fourth-order valence-electron chi connectivity index (χ4n) is 2.89. The molecule has 82 valence electrons. The third-order valence-corrected chi connectivity index (χ3v) is 4.26. The van der Waals surface area contributed by atoms with E-state index in [-0.39, 0.29) is 6.10 Å². The molecule has 0 radical (unpaired) electrons. The Bertz CT molecular complexity index is 195. The summed E-state index contributed by atoms with van der Waals surface area (Å²) < 4.78 is 0. The topological polar surface area (TPSA) is 23.5 Å². The Morgan fingerprint density at radius 1 is 1.07 bits per heavy atom. The lowest BCUT2D eigenvalue weighted by atomic mass is 9.88. The Balaban J connectivity index is 1.87. The van der Waals surface area contributed by atoms with Crippen molar-refractivity contribution in [2.24, 2.45) is 11.8 Å². The van der Waals surface area contributed by atoms with Crippen LogP contribution in [0.4, 0.5) is 0 Å². The van der Waals surface area contributed by atoms with E-state index in [1.807, 2.05) is 0 Å². The minimum atomic E-state index is -0.0188. The van der Waals surface area contributed by atoms with E-state index in [0.717, 1.165) is 24.7 Å².